The van der Waals surface area contributed by atoms with Crippen molar-refractivity contribution in [3.63, 3.8) is 0 Å². The molecule has 0 aromatic heterocycles. The highest BCUT2D eigenvalue weighted by Crippen LogP contribution is 2.23. The Bertz CT molecular complexity index is 181. The lowest BCUT2D eigenvalue weighted by atomic mass is 9.86. The van der Waals surface area contributed by atoms with Crippen LogP contribution < -0.4 is 0 Å². The van der Waals surface area contributed by atoms with Gasteiger partial charge in [-0.25, -0.2) is 0 Å². The van der Waals surface area contributed by atoms with Crippen LogP contribution in [0.3, 0.4) is 0 Å². The summed E-state index contributed by atoms with van der Waals surface area (Å²) in [6, 6.07) is 0. The van der Waals surface area contributed by atoms with Crippen molar-refractivity contribution in [1.82, 2.24) is 0 Å². The molecule has 0 saturated heterocycles. The van der Waals surface area contributed by atoms with Crippen molar-refractivity contribution in [3.8, 4) is 0 Å². The van der Waals surface area contributed by atoms with Crippen LogP contribution in [0.2, 0.25) is 0 Å². The minimum Gasteiger partial charge on any atom is -0.299 e. The van der Waals surface area contributed by atoms with E-state index in [-0.39, 0.29) is 5.92 Å². The van der Waals surface area contributed by atoms with Crippen LogP contribution in [-0.4, -0.2) is 5.78 Å². The molecule has 68 valence electrons. The van der Waals surface area contributed by atoms with Crippen LogP contribution in [0, 0.1) is 5.92 Å². The molecule has 1 rings (SSSR count). The van der Waals surface area contributed by atoms with Gasteiger partial charge >= 0.3 is 0 Å². The van der Waals surface area contributed by atoms with Gasteiger partial charge in [0.15, 0.2) is 0 Å². The summed E-state index contributed by atoms with van der Waals surface area (Å²) in [5, 5.41) is 0. The average molecular weight is 166 g/mol. The smallest absolute Gasteiger partial charge is 0.139 e. The van der Waals surface area contributed by atoms with Crippen molar-refractivity contribution in [3.05, 3.63) is 12.2 Å². The molecular formula is C11H18O. The fourth-order valence-corrected chi connectivity index (χ4v) is 1.86. The van der Waals surface area contributed by atoms with Gasteiger partial charge < -0.3 is 0 Å². The summed E-state index contributed by atoms with van der Waals surface area (Å²) in [6.07, 6.45) is 6.61. The third-order valence-electron chi connectivity index (χ3n) is 2.65. The maximum Gasteiger partial charge on any atom is 0.139 e. The first-order valence-corrected chi connectivity index (χ1v) is 4.90. The van der Waals surface area contributed by atoms with E-state index in [2.05, 4.69) is 6.58 Å². The molecule has 0 amide bonds. The molecule has 12 heavy (non-hydrogen) atoms. The molecule has 0 spiro atoms. The highest BCUT2D eigenvalue weighted by Gasteiger charge is 2.19. The zero-order valence-corrected chi connectivity index (χ0v) is 7.94. The minimum absolute atomic E-state index is 0.172. The van der Waals surface area contributed by atoms with Gasteiger partial charge in [-0.3, -0.25) is 4.79 Å². The van der Waals surface area contributed by atoms with Crippen molar-refractivity contribution >= 4 is 5.78 Å². The van der Waals surface area contributed by atoms with E-state index in [0.717, 1.165) is 24.8 Å². The van der Waals surface area contributed by atoms with E-state index in [1.54, 1.807) is 0 Å². The van der Waals surface area contributed by atoms with Crippen molar-refractivity contribution < 1.29 is 4.79 Å². The summed E-state index contributed by atoms with van der Waals surface area (Å²) < 4.78 is 0. The summed E-state index contributed by atoms with van der Waals surface area (Å²) in [4.78, 5) is 11.5. The molecule has 0 N–H and O–H groups in total. The maximum absolute atomic E-state index is 11.5. The molecule has 0 aliphatic heterocycles. The number of carbonyl (C=O) groups excluding carboxylic acids is 1. The molecule has 0 bridgehead atoms. The van der Waals surface area contributed by atoms with Gasteiger partial charge in [-0.05, 0) is 19.8 Å². The number of hydrogen-bond acceptors (Lipinski definition) is 1. The number of ketones is 1. The topological polar surface area (TPSA) is 17.1 Å². The van der Waals surface area contributed by atoms with Gasteiger partial charge in [-0.1, -0.05) is 31.4 Å². The molecule has 1 aliphatic rings. The summed E-state index contributed by atoms with van der Waals surface area (Å²) >= 11 is 0. The Kier molecular flexibility index (Phi) is 3.51. The zero-order valence-electron chi connectivity index (χ0n) is 7.94. The number of carbonyl (C=O) groups is 1. The lowest BCUT2D eigenvalue weighted by molar-refractivity contribution is -0.122. The SMILES string of the molecule is C=C(C)C1CCCCCCC1=O. The van der Waals surface area contributed by atoms with E-state index in [0.29, 0.717) is 5.78 Å². The molecule has 1 atom stereocenters. The van der Waals surface area contributed by atoms with Crippen molar-refractivity contribution in [2.24, 2.45) is 5.92 Å². The Labute approximate surface area is 74.9 Å². The van der Waals surface area contributed by atoms with E-state index in [1.165, 1.54) is 19.3 Å². The first-order valence-electron chi connectivity index (χ1n) is 4.90. The van der Waals surface area contributed by atoms with Gasteiger partial charge in [0.25, 0.3) is 0 Å². The van der Waals surface area contributed by atoms with Crippen LogP contribution in [-0.2, 0) is 4.79 Å². The first-order chi connectivity index (χ1) is 5.72. The van der Waals surface area contributed by atoms with Gasteiger partial charge in [-0.2, -0.15) is 0 Å². The van der Waals surface area contributed by atoms with Crippen molar-refractivity contribution in [2.45, 2.75) is 45.4 Å². The third kappa shape index (κ3) is 2.47. The zero-order chi connectivity index (χ0) is 8.97. The van der Waals surface area contributed by atoms with E-state index >= 15 is 0 Å². The largest absolute Gasteiger partial charge is 0.299 e. The molecule has 1 saturated carbocycles. The Morgan fingerprint density at radius 3 is 2.67 bits per heavy atom. The monoisotopic (exact) mass is 166 g/mol. The molecule has 1 aliphatic carbocycles. The van der Waals surface area contributed by atoms with Crippen LogP contribution >= 0.6 is 0 Å². The number of rotatable bonds is 1. The molecule has 0 heterocycles. The van der Waals surface area contributed by atoms with Crippen LogP contribution in [0.15, 0.2) is 12.2 Å². The second kappa shape index (κ2) is 4.44. The second-order valence-electron chi connectivity index (χ2n) is 3.82. The Morgan fingerprint density at radius 1 is 1.33 bits per heavy atom. The van der Waals surface area contributed by atoms with Gasteiger partial charge in [0, 0.05) is 12.3 Å². The predicted octanol–water partition coefficient (Wildman–Crippen LogP) is 3.10. The molecule has 1 unspecified atom stereocenters. The van der Waals surface area contributed by atoms with Gasteiger partial charge in [0.05, 0.1) is 0 Å². The fraction of sp³-hybridized carbons (Fsp3) is 0.727. The summed E-state index contributed by atoms with van der Waals surface area (Å²) in [6.45, 7) is 5.86. The number of allylic oxidation sites excluding steroid dienone is 1. The maximum atomic E-state index is 11.5. The number of hydrogen-bond donors (Lipinski definition) is 0. The van der Waals surface area contributed by atoms with Crippen LogP contribution in [0.25, 0.3) is 0 Å². The highest BCUT2D eigenvalue weighted by atomic mass is 16.1. The summed E-state index contributed by atoms with van der Waals surface area (Å²) in [5.74, 6) is 0.590. The van der Waals surface area contributed by atoms with Crippen LogP contribution in [0.4, 0.5) is 0 Å². The van der Waals surface area contributed by atoms with Crippen LogP contribution in [0.5, 0.6) is 0 Å². The number of Topliss-reactive ketones (excluding diaryl/α,β-unsaturated/α-hetero) is 1. The fourth-order valence-electron chi connectivity index (χ4n) is 1.86. The van der Waals surface area contributed by atoms with Gasteiger partial charge in [0.2, 0.25) is 0 Å². The average Bonchev–Trinajstić information content (AvgIpc) is 1.96. The normalized spacial score (nSPS) is 26.1. The van der Waals surface area contributed by atoms with Gasteiger partial charge in [-0.15, -0.1) is 0 Å². The van der Waals surface area contributed by atoms with Crippen molar-refractivity contribution in [2.75, 3.05) is 0 Å². The van der Waals surface area contributed by atoms with E-state index in [1.807, 2.05) is 6.92 Å². The molecule has 0 aromatic rings. The highest BCUT2D eigenvalue weighted by molar-refractivity contribution is 5.83. The minimum atomic E-state index is 0.172. The quantitative estimate of drug-likeness (QED) is 0.547. The lowest BCUT2D eigenvalue weighted by Crippen LogP contribution is -2.16. The molecule has 0 radical (unpaired) electrons. The molecule has 1 heteroatoms. The van der Waals surface area contributed by atoms with Gasteiger partial charge in [0.1, 0.15) is 5.78 Å². The summed E-state index contributed by atoms with van der Waals surface area (Å²) in [7, 11) is 0. The lowest BCUT2D eigenvalue weighted by Gasteiger charge is -2.18. The van der Waals surface area contributed by atoms with E-state index in [4.69, 9.17) is 0 Å². The Morgan fingerprint density at radius 2 is 2.00 bits per heavy atom. The standard InChI is InChI=1S/C11H18O/c1-9(2)10-7-5-3-4-6-8-11(10)12/h10H,1,3-8H2,2H3. The predicted molar refractivity (Wildman–Crippen MR) is 51.0 cm³/mol. The molecule has 1 nitrogen and oxygen atoms in total. The van der Waals surface area contributed by atoms with E-state index < -0.39 is 0 Å². The second-order valence-corrected chi connectivity index (χ2v) is 3.82. The van der Waals surface area contributed by atoms with Crippen molar-refractivity contribution in [1.29, 1.82) is 0 Å². The molecular weight excluding hydrogens is 148 g/mol. The molecule has 0 aromatic carbocycles. The first kappa shape index (κ1) is 9.50. The Balaban J connectivity index is 2.55. The van der Waals surface area contributed by atoms with Crippen LogP contribution in [0.1, 0.15) is 45.4 Å². The Hall–Kier alpha value is -0.590. The molecule has 1 fully saturated rings. The third-order valence-corrected chi connectivity index (χ3v) is 2.65. The summed E-state index contributed by atoms with van der Waals surface area (Å²) in [5.41, 5.74) is 1.06. The van der Waals surface area contributed by atoms with E-state index in [9.17, 15) is 4.79 Å².